The first-order valence-electron chi connectivity index (χ1n) is 5.49. The fourth-order valence-electron chi connectivity index (χ4n) is 1.36. The lowest BCUT2D eigenvalue weighted by Gasteiger charge is -2.22. The molecule has 0 atom stereocenters. The average molecular weight is 395 g/mol. The molecule has 0 unspecified atom stereocenters. The van der Waals surface area contributed by atoms with Gasteiger partial charge in [0, 0.05) is 9.85 Å². The van der Waals surface area contributed by atoms with E-state index in [4.69, 9.17) is 5.26 Å². The Kier molecular flexibility index (Phi) is 5.98. The third-order valence-corrected chi connectivity index (χ3v) is 5.08. The lowest BCUT2D eigenvalue weighted by Crippen LogP contribution is -2.34. The monoisotopic (exact) mass is 393 g/mol. The van der Waals surface area contributed by atoms with E-state index in [0.717, 1.165) is 20.2 Å². The Balaban J connectivity index is 0.00000200. The summed E-state index contributed by atoms with van der Waals surface area (Å²) < 4.78 is 0.882. The van der Waals surface area contributed by atoms with Crippen molar-refractivity contribution in [2.75, 3.05) is 11.9 Å². The van der Waals surface area contributed by atoms with Crippen LogP contribution in [-0.4, -0.2) is 22.2 Å². The van der Waals surface area contributed by atoms with Crippen LogP contribution in [-0.2, 0) is 0 Å². The van der Waals surface area contributed by atoms with E-state index in [9.17, 15) is 5.11 Å². The number of nitriles is 1. The van der Waals surface area contributed by atoms with Gasteiger partial charge in [0.05, 0.1) is 22.7 Å². The first-order chi connectivity index (χ1) is 8.95. The van der Waals surface area contributed by atoms with E-state index in [1.165, 1.54) is 22.7 Å². The Hall–Kier alpha value is -0.650. The molecule has 0 aliphatic heterocycles. The van der Waals surface area contributed by atoms with Gasteiger partial charge in [-0.1, -0.05) is 0 Å². The van der Waals surface area contributed by atoms with Gasteiger partial charge in [-0.15, -0.1) is 35.1 Å². The Labute approximate surface area is 140 Å². The Morgan fingerprint density at radius 2 is 2.25 bits per heavy atom. The van der Waals surface area contributed by atoms with Gasteiger partial charge in [0.1, 0.15) is 10.9 Å². The quantitative estimate of drug-likeness (QED) is 0.818. The van der Waals surface area contributed by atoms with Crippen LogP contribution < -0.4 is 5.32 Å². The number of hydrogen-bond donors (Lipinski definition) is 2. The number of rotatable bonds is 4. The largest absolute Gasteiger partial charge is 0.394 e. The number of nitrogens with one attached hydrogen (secondary N) is 1. The third-order valence-electron chi connectivity index (χ3n) is 2.37. The number of hydrogen-bond acceptors (Lipinski definition) is 6. The second-order valence-electron chi connectivity index (χ2n) is 4.60. The van der Waals surface area contributed by atoms with Crippen LogP contribution in [0.2, 0.25) is 0 Å². The predicted octanol–water partition coefficient (Wildman–Crippen LogP) is 4.11. The lowest BCUT2D eigenvalue weighted by atomic mass is 10.1. The SMILES string of the molecule is CC(C)(CO)Nc1nc(-c2sc(C#N)cc2Br)cs1.Cl. The molecule has 108 valence electrons. The van der Waals surface area contributed by atoms with Crippen molar-refractivity contribution in [3.05, 3.63) is 20.8 Å². The molecule has 8 heteroatoms. The lowest BCUT2D eigenvalue weighted by molar-refractivity contribution is 0.234. The molecule has 0 amide bonds. The summed E-state index contributed by atoms with van der Waals surface area (Å²) in [6.07, 6.45) is 0. The van der Waals surface area contributed by atoms with E-state index in [0.29, 0.717) is 4.88 Å². The highest BCUT2D eigenvalue weighted by molar-refractivity contribution is 9.10. The molecule has 0 spiro atoms. The summed E-state index contributed by atoms with van der Waals surface area (Å²) in [7, 11) is 0. The molecule has 2 heterocycles. The molecule has 20 heavy (non-hydrogen) atoms. The van der Waals surface area contributed by atoms with Gasteiger partial charge in [0.2, 0.25) is 0 Å². The molecule has 0 fully saturated rings. The smallest absolute Gasteiger partial charge is 0.183 e. The van der Waals surface area contributed by atoms with E-state index >= 15 is 0 Å². The Morgan fingerprint density at radius 1 is 1.55 bits per heavy atom. The number of thiophene rings is 1. The summed E-state index contributed by atoms with van der Waals surface area (Å²) in [4.78, 5) is 6.09. The second kappa shape index (κ2) is 6.87. The molecule has 4 nitrogen and oxygen atoms in total. The van der Waals surface area contributed by atoms with Crippen molar-refractivity contribution in [2.45, 2.75) is 19.4 Å². The molecule has 2 rings (SSSR count). The molecule has 0 aliphatic rings. The number of thiazole rings is 1. The summed E-state index contributed by atoms with van der Waals surface area (Å²) in [5.41, 5.74) is 0.430. The van der Waals surface area contributed by atoms with Crippen LogP contribution >= 0.6 is 51.0 Å². The minimum Gasteiger partial charge on any atom is -0.394 e. The minimum absolute atomic E-state index is 0. The van der Waals surface area contributed by atoms with Crippen molar-refractivity contribution in [3.8, 4) is 16.6 Å². The maximum atomic E-state index is 9.23. The zero-order valence-electron chi connectivity index (χ0n) is 10.8. The summed E-state index contributed by atoms with van der Waals surface area (Å²) >= 11 is 6.33. The van der Waals surface area contributed by atoms with Crippen LogP contribution in [0.15, 0.2) is 15.9 Å². The normalized spacial score (nSPS) is 10.8. The maximum absolute atomic E-state index is 9.23. The van der Waals surface area contributed by atoms with Crippen LogP contribution in [0.25, 0.3) is 10.6 Å². The van der Waals surface area contributed by atoms with E-state index < -0.39 is 5.54 Å². The van der Waals surface area contributed by atoms with Gasteiger partial charge in [-0.2, -0.15) is 5.26 Å². The Morgan fingerprint density at radius 3 is 2.80 bits per heavy atom. The molecule has 0 aromatic carbocycles. The first kappa shape index (κ1) is 17.4. The molecule has 0 bridgehead atoms. The van der Waals surface area contributed by atoms with E-state index in [1.807, 2.05) is 19.2 Å². The van der Waals surface area contributed by atoms with Crippen molar-refractivity contribution >= 4 is 56.1 Å². The average Bonchev–Trinajstić information content (AvgIpc) is 2.95. The molecule has 0 saturated heterocycles. The number of aliphatic hydroxyl groups is 1. The van der Waals surface area contributed by atoms with Crippen molar-refractivity contribution in [1.82, 2.24) is 4.98 Å². The standard InChI is InChI=1S/C12H12BrN3OS2.ClH/c1-12(2,6-17)16-11-15-9(5-18-11)10-8(13)3-7(4-14)19-10;/h3,5,17H,6H2,1-2H3,(H,15,16);1H. The summed E-state index contributed by atoms with van der Waals surface area (Å²) in [5, 5.41) is 24.0. The van der Waals surface area contributed by atoms with E-state index in [1.54, 1.807) is 6.07 Å². The molecule has 2 aromatic heterocycles. The highest BCUT2D eigenvalue weighted by Crippen LogP contribution is 2.37. The predicted molar refractivity (Wildman–Crippen MR) is 89.9 cm³/mol. The molecule has 0 saturated carbocycles. The van der Waals surface area contributed by atoms with Crippen LogP contribution in [0.5, 0.6) is 0 Å². The zero-order valence-corrected chi connectivity index (χ0v) is 14.8. The fourth-order valence-corrected chi connectivity index (χ4v) is 3.95. The van der Waals surface area contributed by atoms with Gasteiger partial charge < -0.3 is 10.4 Å². The van der Waals surface area contributed by atoms with Gasteiger partial charge in [0.15, 0.2) is 5.13 Å². The minimum atomic E-state index is -0.403. The molecule has 0 radical (unpaired) electrons. The fraction of sp³-hybridized carbons (Fsp3) is 0.333. The van der Waals surface area contributed by atoms with Crippen molar-refractivity contribution in [1.29, 1.82) is 5.26 Å². The van der Waals surface area contributed by atoms with Gasteiger partial charge in [-0.05, 0) is 35.8 Å². The zero-order chi connectivity index (χ0) is 14.0. The number of anilines is 1. The summed E-state index contributed by atoms with van der Waals surface area (Å²) in [5.74, 6) is 0. The van der Waals surface area contributed by atoms with Crippen molar-refractivity contribution < 1.29 is 5.11 Å². The van der Waals surface area contributed by atoms with Gasteiger partial charge in [-0.25, -0.2) is 4.98 Å². The maximum Gasteiger partial charge on any atom is 0.183 e. The van der Waals surface area contributed by atoms with Gasteiger partial charge in [0.25, 0.3) is 0 Å². The second-order valence-corrected chi connectivity index (χ2v) is 7.37. The number of halogens is 2. The summed E-state index contributed by atoms with van der Waals surface area (Å²) in [6.45, 7) is 3.84. The van der Waals surface area contributed by atoms with Crippen molar-refractivity contribution in [2.24, 2.45) is 0 Å². The van der Waals surface area contributed by atoms with Gasteiger partial charge in [-0.3, -0.25) is 0 Å². The summed E-state index contributed by atoms with van der Waals surface area (Å²) in [6, 6.07) is 3.92. The van der Waals surface area contributed by atoms with Crippen molar-refractivity contribution in [3.63, 3.8) is 0 Å². The molecule has 2 aromatic rings. The molecular formula is C12H13BrClN3OS2. The number of aromatic nitrogens is 1. The molecular weight excluding hydrogens is 382 g/mol. The first-order valence-corrected chi connectivity index (χ1v) is 7.98. The van der Waals surface area contributed by atoms with E-state index in [2.05, 4.69) is 32.3 Å². The molecule has 2 N–H and O–H groups in total. The number of aliphatic hydroxyl groups excluding tert-OH is 1. The molecule has 0 aliphatic carbocycles. The van der Waals surface area contributed by atoms with Crippen LogP contribution in [0.3, 0.4) is 0 Å². The van der Waals surface area contributed by atoms with Crippen LogP contribution in [0.4, 0.5) is 5.13 Å². The number of nitrogens with zero attached hydrogens (tertiary/aromatic N) is 2. The van der Waals surface area contributed by atoms with Gasteiger partial charge >= 0.3 is 0 Å². The third kappa shape index (κ3) is 3.93. The van der Waals surface area contributed by atoms with Crippen LogP contribution in [0, 0.1) is 11.3 Å². The van der Waals surface area contributed by atoms with Crippen LogP contribution in [0.1, 0.15) is 18.7 Å². The highest BCUT2D eigenvalue weighted by atomic mass is 79.9. The topological polar surface area (TPSA) is 68.9 Å². The highest BCUT2D eigenvalue weighted by Gasteiger charge is 2.19. The van der Waals surface area contributed by atoms with E-state index in [-0.39, 0.29) is 19.0 Å². The Bertz CT molecular complexity index is 633.